The van der Waals surface area contributed by atoms with E-state index in [9.17, 15) is 9.59 Å². The first-order valence-electron chi connectivity index (χ1n) is 12.7. The van der Waals surface area contributed by atoms with Gasteiger partial charge in [0, 0.05) is 25.0 Å². The van der Waals surface area contributed by atoms with Gasteiger partial charge in [0.2, 0.25) is 11.8 Å². The molecule has 10 heteroatoms. The maximum absolute atomic E-state index is 13.0. The van der Waals surface area contributed by atoms with Crippen molar-refractivity contribution in [3.63, 3.8) is 0 Å². The van der Waals surface area contributed by atoms with Crippen LogP contribution in [-0.4, -0.2) is 62.1 Å². The predicted molar refractivity (Wildman–Crippen MR) is 153 cm³/mol. The van der Waals surface area contributed by atoms with E-state index in [0.717, 1.165) is 11.2 Å². The Morgan fingerprint density at radius 3 is 2.58 bits per heavy atom. The smallest absolute Gasteiger partial charge is 0.410 e. The summed E-state index contributed by atoms with van der Waals surface area (Å²) < 4.78 is 12.8. The highest BCUT2D eigenvalue weighted by molar-refractivity contribution is 5.96. The van der Waals surface area contributed by atoms with E-state index < -0.39 is 23.6 Å². The number of carbonyl (C=O) groups excluding carboxylic acids is 2. The third-order valence-corrected chi connectivity index (χ3v) is 6.18. The molecular weight excluding hydrogens is 508 g/mol. The number of fused-ring (bicyclic) bond motifs is 1. The molecule has 0 radical (unpaired) electrons. The van der Waals surface area contributed by atoms with Gasteiger partial charge in [-0.2, -0.15) is 0 Å². The number of nitrogens with one attached hydrogen (secondary N) is 1. The molecule has 4 heterocycles. The number of carbonyl (C=O) groups is 2. The van der Waals surface area contributed by atoms with Crippen LogP contribution in [0.5, 0.6) is 5.88 Å². The van der Waals surface area contributed by atoms with E-state index in [1.165, 1.54) is 11.9 Å². The predicted octanol–water partition coefficient (Wildman–Crippen LogP) is 4.95. The summed E-state index contributed by atoms with van der Waals surface area (Å²) in [5, 5.41) is 2.75. The van der Waals surface area contributed by atoms with Crippen molar-refractivity contribution in [2.45, 2.75) is 46.3 Å². The highest BCUT2D eigenvalue weighted by atomic mass is 16.6. The Morgan fingerprint density at radius 1 is 1.15 bits per heavy atom. The van der Waals surface area contributed by atoms with E-state index in [1.54, 1.807) is 53.1 Å². The van der Waals surface area contributed by atoms with Crippen molar-refractivity contribution in [1.82, 2.24) is 24.3 Å². The summed E-state index contributed by atoms with van der Waals surface area (Å²) in [4.78, 5) is 40.4. The van der Waals surface area contributed by atoms with Crippen LogP contribution in [0.3, 0.4) is 0 Å². The van der Waals surface area contributed by atoms with Crippen molar-refractivity contribution < 1.29 is 19.1 Å². The quantitative estimate of drug-likeness (QED) is 0.345. The number of likely N-dealkylation sites (N-methyl/N-ethyl adjacent to an activating group) is 1. The van der Waals surface area contributed by atoms with Crippen LogP contribution >= 0.6 is 0 Å². The van der Waals surface area contributed by atoms with Crippen LogP contribution < -0.4 is 10.1 Å². The first-order chi connectivity index (χ1) is 18.9. The molecule has 0 aliphatic heterocycles. The van der Waals surface area contributed by atoms with Crippen molar-refractivity contribution in [3.05, 3.63) is 60.0 Å². The van der Waals surface area contributed by atoms with Crippen molar-refractivity contribution in [2.24, 2.45) is 0 Å². The van der Waals surface area contributed by atoms with Gasteiger partial charge in [0.05, 0.1) is 18.4 Å². The van der Waals surface area contributed by atoms with Crippen molar-refractivity contribution in [3.8, 4) is 40.7 Å². The van der Waals surface area contributed by atoms with Crippen molar-refractivity contribution in [1.29, 1.82) is 0 Å². The number of methoxy groups -OCH3 is 1. The van der Waals surface area contributed by atoms with Gasteiger partial charge >= 0.3 is 6.09 Å². The molecule has 0 bridgehead atoms. The number of aryl methyl sites for hydroxylation is 1. The number of aromatic nitrogens is 4. The third-order valence-electron chi connectivity index (χ3n) is 6.18. The number of anilines is 1. The topological polar surface area (TPSA) is 111 Å². The highest BCUT2D eigenvalue weighted by Crippen LogP contribution is 2.38. The Hall–Kier alpha value is -4.91. The lowest BCUT2D eigenvalue weighted by atomic mass is 10.0. The number of pyridine rings is 3. The molecule has 1 unspecified atom stereocenters. The van der Waals surface area contributed by atoms with E-state index in [4.69, 9.17) is 20.9 Å². The zero-order valence-electron chi connectivity index (χ0n) is 23.6. The van der Waals surface area contributed by atoms with Gasteiger partial charge in [-0.25, -0.2) is 19.7 Å². The standard InChI is InChI=1S/C30H32N6O4/c1-9-22-20(12-13-23(32-22)33-27(37)19(3)35(7)29(38)40-30(4,5)6)26-25(21-11-10-15-31-28(21)39-8)34-24-17-18(2)14-16-36(24)26/h1,10-17,19H,2-8H3,(H,32,33,37). The van der Waals surface area contributed by atoms with Gasteiger partial charge in [0.1, 0.15) is 34.5 Å². The molecule has 1 N–H and O–H groups in total. The molecule has 1 atom stereocenters. The zero-order valence-corrected chi connectivity index (χ0v) is 23.6. The molecule has 0 saturated heterocycles. The van der Waals surface area contributed by atoms with E-state index in [-0.39, 0.29) is 5.82 Å². The minimum absolute atomic E-state index is 0.247. The second-order valence-corrected chi connectivity index (χ2v) is 10.3. The van der Waals surface area contributed by atoms with Crippen LogP contribution in [0.15, 0.2) is 48.8 Å². The highest BCUT2D eigenvalue weighted by Gasteiger charge is 2.28. The lowest BCUT2D eigenvalue weighted by Gasteiger charge is -2.28. The Balaban J connectivity index is 1.73. The van der Waals surface area contributed by atoms with Crippen LogP contribution in [0, 0.1) is 19.3 Å². The first-order valence-corrected chi connectivity index (χ1v) is 12.7. The van der Waals surface area contributed by atoms with Crippen LogP contribution in [0.1, 0.15) is 39.0 Å². The summed E-state index contributed by atoms with van der Waals surface area (Å²) in [5.41, 5.74) is 4.05. The molecule has 0 saturated carbocycles. The van der Waals surface area contributed by atoms with E-state index in [1.807, 2.05) is 41.8 Å². The fourth-order valence-electron chi connectivity index (χ4n) is 4.05. The minimum atomic E-state index is -0.822. The Labute approximate surface area is 233 Å². The maximum atomic E-state index is 13.0. The second kappa shape index (κ2) is 11.1. The molecule has 0 aliphatic carbocycles. The average Bonchev–Trinajstić information content (AvgIpc) is 3.29. The van der Waals surface area contributed by atoms with Crippen LogP contribution in [0.25, 0.3) is 28.2 Å². The molecular formula is C30H32N6O4. The van der Waals surface area contributed by atoms with Gasteiger partial charge in [-0.15, -0.1) is 6.42 Å². The van der Waals surface area contributed by atoms with Crippen molar-refractivity contribution >= 4 is 23.5 Å². The molecule has 10 nitrogen and oxygen atoms in total. The molecule has 0 aromatic carbocycles. The molecule has 0 fully saturated rings. The molecule has 40 heavy (non-hydrogen) atoms. The molecule has 4 rings (SSSR count). The molecule has 4 aromatic rings. The van der Waals surface area contributed by atoms with E-state index >= 15 is 0 Å². The van der Waals surface area contributed by atoms with Gasteiger partial charge in [0.15, 0.2) is 0 Å². The van der Waals surface area contributed by atoms with Gasteiger partial charge < -0.3 is 14.8 Å². The monoisotopic (exact) mass is 540 g/mol. The lowest BCUT2D eigenvalue weighted by Crippen LogP contribution is -2.45. The summed E-state index contributed by atoms with van der Waals surface area (Å²) in [7, 11) is 3.06. The van der Waals surface area contributed by atoms with E-state index in [2.05, 4.69) is 21.2 Å². The number of imidazole rings is 1. The summed E-state index contributed by atoms with van der Waals surface area (Å²) in [6.07, 6.45) is 8.88. The number of hydrogen-bond acceptors (Lipinski definition) is 7. The normalized spacial score (nSPS) is 11.9. The lowest BCUT2D eigenvalue weighted by molar-refractivity contribution is -0.120. The van der Waals surface area contributed by atoms with Gasteiger partial charge in [0.25, 0.3) is 0 Å². The number of rotatable bonds is 6. The molecule has 206 valence electrons. The van der Waals surface area contributed by atoms with Gasteiger partial charge in [-0.05, 0) is 82.5 Å². The van der Waals surface area contributed by atoms with Crippen molar-refractivity contribution in [2.75, 3.05) is 19.5 Å². The van der Waals surface area contributed by atoms with Gasteiger partial charge in [-0.3, -0.25) is 14.1 Å². The van der Waals surface area contributed by atoms with E-state index in [0.29, 0.717) is 34.1 Å². The number of hydrogen-bond donors (Lipinski definition) is 1. The summed E-state index contributed by atoms with van der Waals surface area (Å²) in [6, 6.07) is 10.3. The fraction of sp³-hybridized carbons (Fsp3) is 0.300. The maximum Gasteiger partial charge on any atom is 0.410 e. The largest absolute Gasteiger partial charge is 0.481 e. The zero-order chi connectivity index (χ0) is 29.2. The Kier molecular flexibility index (Phi) is 7.77. The average molecular weight is 541 g/mol. The second-order valence-electron chi connectivity index (χ2n) is 10.3. The molecule has 2 amide bonds. The Morgan fingerprint density at radius 2 is 1.90 bits per heavy atom. The number of amides is 2. The van der Waals surface area contributed by atoms with Crippen LogP contribution in [0.4, 0.5) is 10.6 Å². The van der Waals surface area contributed by atoms with Crippen LogP contribution in [-0.2, 0) is 9.53 Å². The summed E-state index contributed by atoms with van der Waals surface area (Å²) in [6.45, 7) is 8.88. The summed E-state index contributed by atoms with van der Waals surface area (Å²) >= 11 is 0. The number of terminal acetylenes is 1. The fourth-order valence-corrected chi connectivity index (χ4v) is 4.05. The number of ether oxygens (including phenoxy) is 2. The van der Waals surface area contributed by atoms with Crippen LogP contribution in [0.2, 0.25) is 0 Å². The molecule has 0 aliphatic rings. The number of nitrogens with zero attached hydrogens (tertiary/aromatic N) is 5. The SMILES string of the molecule is C#Cc1nc(NC(=O)C(C)N(C)C(=O)OC(C)(C)C)ccc1-c1c(-c2cccnc2OC)nc2cc(C)ccn12. The van der Waals surface area contributed by atoms with Gasteiger partial charge in [-0.1, -0.05) is 0 Å². The molecule has 0 spiro atoms. The Bertz CT molecular complexity index is 1630. The first kappa shape index (κ1) is 28.1. The summed E-state index contributed by atoms with van der Waals surface area (Å²) in [5.74, 6) is 2.87. The third kappa shape index (κ3) is 5.73. The molecule has 4 aromatic heterocycles. The minimum Gasteiger partial charge on any atom is -0.481 e.